The maximum atomic E-state index is 11.9. The second kappa shape index (κ2) is 5.83. The first-order valence-corrected chi connectivity index (χ1v) is 7.66. The number of halogens is 1. The highest BCUT2D eigenvalue weighted by molar-refractivity contribution is 9.10. The summed E-state index contributed by atoms with van der Waals surface area (Å²) in [5.41, 5.74) is 0. The van der Waals surface area contributed by atoms with Crippen LogP contribution in [0, 0.1) is 0 Å². The molecule has 3 nitrogen and oxygen atoms in total. The van der Waals surface area contributed by atoms with Gasteiger partial charge in [0, 0.05) is 6.54 Å². The lowest BCUT2D eigenvalue weighted by atomic mass is 10.1. The Morgan fingerprint density at radius 2 is 2.00 bits per heavy atom. The summed E-state index contributed by atoms with van der Waals surface area (Å²) in [5.74, 6) is 0.716. The average molecular weight is 334 g/mol. The molecule has 0 aromatic heterocycles. The number of amides is 1. The van der Waals surface area contributed by atoms with E-state index < -0.39 is 6.10 Å². The molecule has 0 bridgehead atoms. The van der Waals surface area contributed by atoms with Gasteiger partial charge in [0.2, 0.25) is 0 Å². The molecule has 4 heteroatoms. The van der Waals surface area contributed by atoms with Crippen molar-refractivity contribution >= 4 is 32.6 Å². The number of ether oxygens (including phenoxy) is 1. The third-order valence-electron chi connectivity index (χ3n) is 3.58. The van der Waals surface area contributed by atoms with Gasteiger partial charge in [0.05, 0.1) is 4.47 Å². The van der Waals surface area contributed by atoms with Crippen molar-refractivity contribution in [2.75, 3.05) is 6.54 Å². The minimum absolute atomic E-state index is 0.0115. The number of hydrogen-bond acceptors (Lipinski definition) is 2. The van der Waals surface area contributed by atoms with Crippen molar-refractivity contribution in [2.24, 2.45) is 0 Å². The third-order valence-corrected chi connectivity index (χ3v) is 4.40. The number of rotatable bonds is 2. The summed E-state index contributed by atoms with van der Waals surface area (Å²) in [5, 5.41) is 5.14. The Labute approximate surface area is 126 Å². The van der Waals surface area contributed by atoms with E-state index in [1.165, 1.54) is 0 Å². The second-order valence-electron chi connectivity index (χ2n) is 4.99. The van der Waals surface area contributed by atoms with Gasteiger partial charge < -0.3 is 10.1 Å². The molecule has 0 radical (unpaired) electrons. The number of carbonyl (C=O) groups is 1. The molecule has 1 N–H and O–H groups in total. The van der Waals surface area contributed by atoms with Crippen LogP contribution in [0.5, 0.6) is 5.75 Å². The molecule has 3 rings (SSSR count). The van der Waals surface area contributed by atoms with Crippen LogP contribution in [-0.2, 0) is 4.79 Å². The average Bonchev–Trinajstić information content (AvgIpc) is 2.67. The van der Waals surface area contributed by atoms with Crippen LogP contribution in [-0.4, -0.2) is 18.6 Å². The van der Waals surface area contributed by atoms with Crippen molar-refractivity contribution in [1.82, 2.24) is 5.32 Å². The van der Waals surface area contributed by atoms with Gasteiger partial charge in [-0.1, -0.05) is 30.3 Å². The van der Waals surface area contributed by atoms with Gasteiger partial charge in [-0.3, -0.25) is 4.79 Å². The van der Waals surface area contributed by atoms with E-state index in [0.717, 1.165) is 46.8 Å². The van der Waals surface area contributed by atoms with Crippen molar-refractivity contribution in [1.29, 1.82) is 0 Å². The fraction of sp³-hybridized carbons (Fsp3) is 0.312. The zero-order chi connectivity index (χ0) is 13.9. The van der Waals surface area contributed by atoms with Crippen molar-refractivity contribution < 1.29 is 9.53 Å². The fourth-order valence-electron chi connectivity index (χ4n) is 2.48. The van der Waals surface area contributed by atoms with Gasteiger partial charge in [-0.05, 0) is 52.0 Å². The highest BCUT2D eigenvalue weighted by Gasteiger charge is 2.23. The molecule has 1 fully saturated rings. The molecular formula is C16H16BrNO2. The monoisotopic (exact) mass is 333 g/mol. The van der Waals surface area contributed by atoms with E-state index >= 15 is 0 Å². The zero-order valence-electron chi connectivity index (χ0n) is 11.1. The number of benzene rings is 2. The van der Waals surface area contributed by atoms with Crippen LogP contribution in [0.25, 0.3) is 10.8 Å². The van der Waals surface area contributed by atoms with Gasteiger partial charge in [-0.15, -0.1) is 0 Å². The number of fused-ring (bicyclic) bond motifs is 1. The minimum atomic E-state index is -0.394. The smallest absolute Gasteiger partial charge is 0.261 e. The van der Waals surface area contributed by atoms with Gasteiger partial charge >= 0.3 is 0 Å². The number of nitrogens with one attached hydrogen (secondary N) is 1. The highest BCUT2D eigenvalue weighted by atomic mass is 79.9. The van der Waals surface area contributed by atoms with Crippen LogP contribution >= 0.6 is 15.9 Å². The van der Waals surface area contributed by atoms with Crippen LogP contribution in [0.2, 0.25) is 0 Å². The molecule has 0 spiro atoms. The molecule has 1 atom stereocenters. The molecule has 1 aliphatic heterocycles. The highest BCUT2D eigenvalue weighted by Crippen LogP contribution is 2.34. The molecule has 1 saturated heterocycles. The molecule has 1 heterocycles. The third kappa shape index (κ3) is 2.66. The summed E-state index contributed by atoms with van der Waals surface area (Å²) in [7, 11) is 0. The molecule has 0 saturated carbocycles. The molecule has 1 unspecified atom stereocenters. The fourth-order valence-corrected chi connectivity index (χ4v) is 3.07. The first-order chi connectivity index (χ1) is 9.75. The first-order valence-electron chi connectivity index (χ1n) is 6.87. The quantitative estimate of drug-likeness (QED) is 0.910. The Hall–Kier alpha value is -1.55. The van der Waals surface area contributed by atoms with Crippen molar-refractivity contribution in [3.8, 4) is 5.75 Å². The van der Waals surface area contributed by atoms with Crippen LogP contribution in [0.4, 0.5) is 0 Å². The van der Waals surface area contributed by atoms with E-state index in [0.29, 0.717) is 0 Å². The summed E-state index contributed by atoms with van der Waals surface area (Å²) in [6, 6.07) is 12.0. The summed E-state index contributed by atoms with van der Waals surface area (Å²) < 4.78 is 6.84. The van der Waals surface area contributed by atoms with Crippen molar-refractivity contribution in [3.63, 3.8) is 0 Å². The Morgan fingerprint density at radius 1 is 1.15 bits per heavy atom. The van der Waals surface area contributed by atoms with E-state index in [4.69, 9.17) is 4.74 Å². The Kier molecular flexibility index (Phi) is 3.92. The topological polar surface area (TPSA) is 38.3 Å². The van der Waals surface area contributed by atoms with Gasteiger partial charge in [-0.25, -0.2) is 0 Å². The van der Waals surface area contributed by atoms with E-state index in [1.807, 2.05) is 30.3 Å². The summed E-state index contributed by atoms with van der Waals surface area (Å²) in [4.78, 5) is 11.9. The predicted octanol–water partition coefficient (Wildman–Crippen LogP) is 3.65. The normalized spacial score (nSPS) is 19.4. The maximum absolute atomic E-state index is 11.9. The molecule has 20 heavy (non-hydrogen) atoms. The van der Waals surface area contributed by atoms with Gasteiger partial charge in [0.1, 0.15) is 5.75 Å². The van der Waals surface area contributed by atoms with Crippen LogP contribution < -0.4 is 10.1 Å². The number of carbonyl (C=O) groups excluding carboxylic acids is 1. The number of hydrogen-bond donors (Lipinski definition) is 1. The lowest BCUT2D eigenvalue weighted by molar-refractivity contribution is -0.127. The molecule has 1 amide bonds. The summed E-state index contributed by atoms with van der Waals surface area (Å²) >= 11 is 3.59. The van der Waals surface area contributed by atoms with Gasteiger partial charge in [-0.2, -0.15) is 0 Å². The van der Waals surface area contributed by atoms with Crippen LogP contribution in [0.1, 0.15) is 19.3 Å². The predicted molar refractivity (Wildman–Crippen MR) is 82.9 cm³/mol. The Morgan fingerprint density at radius 3 is 2.90 bits per heavy atom. The largest absolute Gasteiger partial charge is 0.479 e. The lowest BCUT2D eigenvalue weighted by Crippen LogP contribution is -2.36. The molecule has 2 aromatic carbocycles. The van der Waals surface area contributed by atoms with Gasteiger partial charge in [0.15, 0.2) is 6.10 Å². The molecular weight excluding hydrogens is 318 g/mol. The second-order valence-corrected chi connectivity index (χ2v) is 5.79. The standard InChI is InChI=1S/C16H16BrNO2/c17-15-12-6-2-1-5-11(12)8-9-13(15)20-14-7-3-4-10-18-16(14)19/h1-2,5-6,8-9,14H,3-4,7,10H2,(H,18,19). The first kappa shape index (κ1) is 13.4. The van der Waals surface area contributed by atoms with E-state index in [-0.39, 0.29) is 5.91 Å². The van der Waals surface area contributed by atoms with Gasteiger partial charge in [0.25, 0.3) is 5.91 Å². The molecule has 104 valence electrons. The van der Waals surface area contributed by atoms with Crippen LogP contribution in [0.15, 0.2) is 40.9 Å². The maximum Gasteiger partial charge on any atom is 0.261 e. The minimum Gasteiger partial charge on any atom is -0.479 e. The van der Waals surface area contributed by atoms with Crippen molar-refractivity contribution in [3.05, 3.63) is 40.9 Å². The SMILES string of the molecule is O=C1NCCCCC1Oc1ccc2ccccc2c1Br. The molecule has 1 aliphatic rings. The summed E-state index contributed by atoms with van der Waals surface area (Å²) in [6.45, 7) is 0.748. The molecule has 2 aromatic rings. The van der Waals surface area contributed by atoms with Crippen LogP contribution in [0.3, 0.4) is 0 Å². The van der Waals surface area contributed by atoms with E-state index in [2.05, 4.69) is 27.3 Å². The Bertz CT molecular complexity index is 641. The summed E-state index contributed by atoms with van der Waals surface area (Å²) in [6.07, 6.45) is 2.40. The lowest BCUT2D eigenvalue weighted by Gasteiger charge is -2.17. The molecule has 0 aliphatic carbocycles. The van der Waals surface area contributed by atoms with Crippen molar-refractivity contribution in [2.45, 2.75) is 25.4 Å². The van der Waals surface area contributed by atoms with E-state index in [9.17, 15) is 4.79 Å². The zero-order valence-corrected chi connectivity index (χ0v) is 12.7. The van der Waals surface area contributed by atoms with E-state index in [1.54, 1.807) is 0 Å². The Balaban J connectivity index is 1.90.